The van der Waals surface area contributed by atoms with E-state index in [0.717, 1.165) is 25.2 Å². The van der Waals surface area contributed by atoms with Crippen molar-refractivity contribution in [3.05, 3.63) is 88.7 Å². The molecule has 2 aromatic heterocycles. The number of piperazine rings is 1. The molecule has 1 aliphatic heterocycles. The zero-order valence-electron chi connectivity index (χ0n) is 19.7. The van der Waals surface area contributed by atoms with Gasteiger partial charge in [0.05, 0.1) is 5.56 Å². The van der Waals surface area contributed by atoms with Crippen LogP contribution in [0.25, 0.3) is 22.9 Å². The van der Waals surface area contributed by atoms with Gasteiger partial charge in [0.2, 0.25) is 0 Å². The molecule has 3 heterocycles. The molecule has 0 unspecified atom stereocenters. The average Bonchev–Trinajstić information content (AvgIpc) is 3.25. The fourth-order valence-corrected chi connectivity index (χ4v) is 4.61. The van der Waals surface area contributed by atoms with Crippen LogP contribution in [-0.4, -0.2) is 52.2 Å². The number of hydrogen-bond donors (Lipinski definition) is 0. The molecule has 9 heteroatoms. The molecule has 0 N–H and O–H groups in total. The van der Waals surface area contributed by atoms with E-state index in [1.807, 2.05) is 18.2 Å². The van der Waals surface area contributed by atoms with Crippen LogP contribution in [0.3, 0.4) is 0 Å². The standard InChI is InChI=1S/C27H25ClF3N5/c1-19-18-23(35-16-14-34(15-17-35)13-5-8-20-6-3-2-4-7-20)36-26(32-19)24(25(33-36)27(29,30)31)21-9-11-22(28)12-10-21/h2-12,18H,13-17H2,1H3. The second-order valence-corrected chi connectivity index (χ2v) is 9.26. The third kappa shape index (κ3) is 5.10. The highest BCUT2D eigenvalue weighted by molar-refractivity contribution is 6.30. The molecule has 36 heavy (non-hydrogen) atoms. The van der Waals surface area contributed by atoms with Crippen molar-refractivity contribution in [3.63, 3.8) is 0 Å². The molecule has 0 saturated carbocycles. The zero-order chi connectivity index (χ0) is 25.3. The molecule has 0 amide bonds. The quantitative estimate of drug-likeness (QED) is 0.319. The Hall–Kier alpha value is -3.36. The zero-order valence-corrected chi connectivity index (χ0v) is 20.5. The molecule has 2 aromatic carbocycles. The third-order valence-corrected chi connectivity index (χ3v) is 6.52. The van der Waals surface area contributed by atoms with Gasteiger partial charge in [-0.25, -0.2) is 4.98 Å². The summed E-state index contributed by atoms with van der Waals surface area (Å²) in [6, 6.07) is 18.2. The number of rotatable bonds is 5. The maximum Gasteiger partial charge on any atom is 0.435 e. The van der Waals surface area contributed by atoms with E-state index < -0.39 is 11.9 Å². The van der Waals surface area contributed by atoms with Crippen LogP contribution in [-0.2, 0) is 6.18 Å². The van der Waals surface area contributed by atoms with E-state index in [2.05, 4.69) is 44.2 Å². The van der Waals surface area contributed by atoms with Crippen LogP contribution < -0.4 is 4.90 Å². The lowest BCUT2D eigenvalue weighted by molar-refractivity contribution is -0.140. The number of benzene rings is 2. The van der Waals surface area contributed by atoms with Gasteiger partial charge in [-0.05, 0) is 30.2 Å². The predicted octanol–water partition coefficient (Wildman–Crippen LogP) is 6.21. The lowest BCUT2D eigenvalue weighted by Gasteiger charge is -2.35. The molecule has 0 aliphatic carbocycles. The maximum absolute atomic E-state index is 14.1. The Morgan fingerprint density at radius 3 is 2.33 bits per heavy atom. The van der Waals surface area contributed by atoms with Crippen LogP contribution in [0.2, 0.25) is 5.02 Å². The van der Waals surface area contributed by atoms with Crippen molar-refractivity contribution >= 4 is 29.1 Å². The summed E-state index contributed by atoms with van der Waals surface area (Å²) in [5.41, 5.74) is 1.37. The first kappa shape index (κ1) is 24.3. The second kappa shape index (κ2) is 9.95. The van der Waals surface area contributed by atoms with Crippen LogP contribution in [0.5, 0.6) is 0 Å². The van der Waals surface area contributed by atoms with Crippen LogP contribution >= 0.6 is 11.6 Å². The van der Waals surface area contributed by atoms with Gasteiger partial charge in [-0.2, -0.15) is 22.8 Å². The van der Waals surface area contributed by atoms with Crippen molar-refractivity contribution in [2.75, 3.05) is 37.6 Å². The molecule has 1 aliphatic rings. The lowest BCUT2D eigenvalue weighted by Crippen LogP contribution is -2.47. The van der Waals surface area contributed by atoms with Gasteiger partial charge in [0.15, 0.2) is 11.3 Å². The van der Waals surface area contributed by atoms with E-state index in [1.165, 1.54) is 4.52 Å². The summed E-state index contributed by atoms with van der Waals surface area (Å²) >= 11 is 5.97. The van der Waals surface area contributed by atoms with Gasteiger partial charge in [-0.3, -0.25) is 4.90 Å². The van der Waals surface area contributed by atoms with Crippen molar-refractivity contribution in [2.45, 2.75) is 13.1 Å². The fourth-order valence-electron chi connectivity index (χ4n) is 4.49. The highest BCUT2D eigenvalue weighted by Crippen LogP contribution is 2.40. The summed E-state index contributed by atoms with van der Waals surface area (Å²) in [5, 5.41) is 4.48. The largest absolute Gasteiger partial charge is 0.435 e. The Morgan fingerprint density at radius 1 is 0.972 bits per heavy atom. The van der Waals surface area contributed by atoms with Gasteiger partial charge in [-0.1, -0.05) is 66.2 Å². The van der Waals surface area contributed by atoms with Gasteiger partial charge in [-0.15, -0.1) is 0 Å². The number of hydrogen-bond acceptors (Lipinski definition) is 4. The Kier molecular flexibility index (Phi) is 6.73. The first-order valence-electron chi connectivity index (χ1n) is 11.7. The molecular formula is C27H25ClF3N5. The highest BCUT2D eigenvalue weighted by Gasteiger charge is 2.39. The minimum absolute atomic E-state index is 0.0335. The first-order valence-corrected chi connectivity index (χ1v) is 12.1. The molecule has 1 saturated heterocycles. The average molecular weight is 512 g/mol. The molecule has 0 radical (unpaired) electrons. The van der Waals surface area contributed by atoms with E-state index in [-0.39, 0.29) is 11.2 Å². The Morgan fingerprint density at radius 2 is 1.67 bits per heavy atom. The Bertz CT molecular complexity index is 1370. The monoisotopic (exact) mass is 511 g/mol. The van der Waals surface area contributed by atoms with Crippen molar-refractivity contribution in [3.8, 4) is 11.1 Å². The van der Waals surface area contributed by atoms with Crippen molar-refractivity contribution < 1.29 is 13.2 Å². The molecule has 0 spiro atoms. The minimum atomic E-state index is -4.63. The van der Waals surface area contributed by atoms with E-state index in [0.29, 0.717) is 35.2 Å². The van der Waals surface area contributed by atoms with E-state index >= 15 is 0 Å². The molecule has 5 rings (SSSR count). The Labute approximate surface area is 212 Å². The topological polar surface area (TPSA) is 36.7 Å². The minimum Gasteiger partial charge on any atom is -0.354 e. The number of anilines is 1. The van der Waals surface area contributed by atoms with Crippen molar-refractivity contribution in [1.29, 1.82) is 0 Å². The molecule has 186 valence electrons. The lowest BCUT2D eigenvalue weighted by atomic mass is 10.1. The van der Waals surface area contributed by atoms with E-state index in [1.54, 1.807) is 37.3 Å². The number of aromatic nitrogens is 3. The third-order valence-electron chi connectivity index (χ3n) is 6.27. The molecule has 0 bridgehead atoms. The maximum atomic E-state index is 14.1. The van der Waals surface area contributed by atoms with Crippen LogP contribution in [0.1, 0.15) is 17.0 Å². The second-order valence-electron chi connectivity index (χ2n) is 8.82. The Balaban J connectivity index is 1.42. The highest BCUT2D eigenvalue weighted by atomic mass is 35.5. The fraction of sp³-hybridized carbons (Fsp3) is 0.259. The summed E-state index contributed by atoms with van der Waals surface area (Å²) in [7, 11) is 0. The van der Waals surface area contributed by atoms with Crippen molar-refractivity contribution in [1.82, 2.24) is 19.5 Å². The number of alkyl halides is 3. The summed E-state index contributed by atoms with van der Waals surface area (Å²) in [6.45, 7) is 5.54. The SMILES string of the molecule is Cc1cc(N2CCN(CC=Cc3ccccc3)CC2)n2nc(C(F)(F)F)c(-c3ccc(Cl)cc3)c2n1. The normalized spacial score (nSPS) is 15.3. The van der Waals surface area contributed by atoms with Crippen LogP contribution in [0.15, 0.2) is 66.7 Å². The van der Waals surface area contributed by atoms with Gasteiger partial charge < -0.3 is 4.90 Å². The summed E-state index contributed by atoms with van der Waals surface area (Å²) in [5.74, 6) is 0.614. The summed E-state index contributed by atoms with van der Waals surface area (Å²) in [6.07, 6.45) is -0.387. The van der Waals surface area contributed by atoms with Crippen LogP contribution in [0.4, 0.5) is 19.0 Å². The van der Waals surface area contributed by atoms with Gasteiger partial charge >= 0.3 is 6.18 Å². The predicted molar refractivity (Wildman–Crippen MR) is 137 cm³/mol. The molecule has 1 fully saturated rings. The van der Waals surface area contributed by atoms with Gasteiger partial charge in [0.1, 0.15) is 5.82 Å². The number of halogens is 4. The van der Waals surface area contributed by atoms with Crippen LogP contribution in [0, 0.1) is 6.92 Å². The van der Waals surface area contributed by atoms with E-state index in [9.17, 15) is 13.2 Å². The smallest absolute Gasteiger partial charge is 0.354 e. The van der Waals surface area contributed by atoms with Gasteiger partial charge in [0.25, 0.3) is 0 Å². The van der Waals surface area contributed by atoms with Crippen molar-refractivity contribution in [2.24, 2.45) is 0 Å². The molecular weight excluding hydrogens is 487 g/mol. The summed E-state index contributed by atoms with van der Waals surface area (Å²) in [4.78, 5) is 8.87. The molecule has 0 atom stereocenters. The van der Waals surface area contributed by atoms with E-state index in [4.69, 9.17) is 11.6 Å². The van der Waals surface area contributed by atoms with Gasteiger partial charge in [0, 0.05) is 49.5 Å². The summed E-state index contributed by atoms with van der Waals surface area (Å²) < 4.78 is 43.5. The first-order chi connectivity index (χ1) is 17.3. The number of fused-ring (bicyclic) bond motifs is 1. The molecule has 4 aromatic rings. The number of nitrogens with zero attached hydrogens (tertiary/aromatic N) is 5. The molecule has 5 nitrogen and oxygen atoms in total. The number of aryl methyl sites for hydroxylation is 1.